The maximum absolute atomic E-state index is 12.4. The number of amides is 1. The van der Waals surface area contributed by atoms with Crippen molar-refractivity contribution >= 4 is 11.7 Å². The SMILES string of the molecule is COc1ccc(-c2cc(N3CCC(NC(=O)Cc4ccc(C)cc4)CC3)n[nH]2)cc1. The Morgan fingerprint density at radius 3 is 2.50 bits per heavy atom. The van der Waals surface area contributed by atoms with Gasteiger partial charge in [0.05, 0.1) is 19.2 Å². The van der Waals surface area contributed by atoms with Crippen LogP contribution < -0.4 is 15.0 Å². The molecule has 30 heavy (non-hydrogen) atoms. The van der Waals surface area contributed by atoms with Crippen LogP contribution in [0.5, 0.6) is 5.75 Å². The van der Waals surface area contributed by atoms with Crippen molar-refractivity contribution in [3.05, 3.63) is 65.7 Å². The molecule has 0 bridgehead atoms. The van der Waals surface area contributed by atoms with E-state index in [1.165, 1.54) is 5.56 Å². The van der Waals surface area contributed by atoms with Crippen LogP contribution in [0.2, 0.25) is 0 Å². The molecule has 1 fully saturated rings. The quantitative estimate of drug-likeness (QED) is 0.657. The Balaban J connectivity index is 1.28. The Labute approximate surface area is 177 Å². The number of benzene rings is 2. The van der Waals surface area contributed by atoms with Crippen molar-refractivity contribution in [2.45, 2.75) is 32.2 Å². The second-order valence-corrected chi connectivity index (χ2v) is 7.86. The lowest BCUT2D eigenvalue weighted by Crippen LogP contribution is -2.45. The summed E-state index contributed by atoms with van der Waals surface area (Å²) in [4.78, 5) is 14.6. The van der Waals surface area contributed by atoms with E-state index in [0.29, 0.717) is 6.42 Å². The zero-order valence-corrected chi connectivity index (χ0v) is 17.5. The normalized spacial score (nSPS) is 14.5. The van der Waals surface area contributed by atoms with E-state index >= 15 is 0 Å². The third-order valence-corrected chi connectivity index (χ3v) is 5.63. The van der Waals surface area contributed by atoms with Gasteiger partial charge in [0.2, 0.25) is 5.91 Å². The average molecular weight is 405 g/mol. The van der Waals surface area contributed by atoms with E-state index in [0.717, 1.165) is 54.3 Å². The number of methoxy groups -OCH3 is 1. The van der Waals surface area contributed by atoms with Crippen LogP contribution in [-0.2, 0) is 11.2 Å². The van der Waals surface area contributed by atoms with Gasteiger partial charge in [-0.15, -0.1) is 0 Å². The first kappa shape index (κ1) is 20.0. The minimum absolute atomic E-state index is 0.0962. The van der Waals surface area contributed by atoms with Gasteiger partial charge in [0, 0.05) is 25.2 Å². The second-order valence-electron chi connectivity index (χ2n) is 7.86. The summed E-state index contributed by atoms with van der Waals surface area (Å²) in [6.07, 6.45) is 2.28. The summed E-state index contributed by atoms with van der Waals surface area (Å²) >= 11 is 0. The number of H-pyrrole nitrogens is 1. The number of nitrogens with zero attached hydrogens (tertiary/aromatic N) is 2. The van der Waals surface area contributed by atoms with Crippen molar-refractivity contribution < 1.29 is 9.53 Å². The molecule has 1 aliphatic heterocycles. The zero-order valence-electron chi connectivity index (χ0n) is 17.5. The number of ether oxygens (including phenoxy) is 1. The first-order valence-corrected chi connectivity index (χ1v) is 10.4. The minimum Gasteiger partial charge on any atom is -0.497 e. The molecule has 0 spiro atoms. The number of rotatable bonds is 6. The first-order valence-electron chi connectivity index (χ1n) is 10.4. The molecule has 3 aromatic rings. The number of nitrogens with one attached hydrogen (secondary N) is 2. The van der Waals surface area contributed by atoms with Gasteiger partial charge in [-0.2, -0.15) is 5.10 Å². The van der Waals surface area contributed by atoms with Crippen LogP contribution in [-0.4, -0.2) is 42.3 Å². The number of carbonyl (C=O) groups excluding carboxylic acids is 1. The number of aromatic nitrogens is 2. The minimum atomic E-state index is 0.0962. The van der Waals surface area contributed by atoms with E-state index < -0.39 is 0 Å². The van der Waals surface area contributed by atoms with Gasteiger partial charge in [-0.25, -0.2) is 0 Å². The monoisotopic (exact) mass is 404 g/mol. The number of anilines is 1. The lowest BCUT2D eigenvalue weighted by Gasteiger charge is -2.32. The summed E-state index contributed by atoms with van der Waals surface area (Å²) in [5.41, 5.74) is 4.33. The van der Waals surface area contributed by atoms with Gasteiger partial charge in [0.1, 0.15) is 5.75 Å². The number of aromatic amines is 1. The summed E-state index contributed by atoms with van der Waals surface area (Å²) in [5, 5.41) is 10.8. The molecule has 1 aliphatic rings. The predicted molar refractivity (Wildman–Crippen MR) is 119 cm³/mol. The van der Waals surface area contributed by atoms with Gasteiger partial charge in [-0.05, 0) is 55.2 Å². The highest BCUT2D eigenvalue weighted by Crippen LogP contribution is 2.25. The molecule has 0 saturated carbocycles. The molecule has 4 rings (SSSR count). The molecule has 0 radical (unpaired) electrons. The van der Waals surface area contributed by atoms with Gasteiger partial charge >= 0.3 is 0 Å². The average Bonchev–Trinajstić information content (AvgIpc) is 3.26. The van der Waals surface area contributed by atoms with E-state index in [9.17, 15) is 4.79 Å². The number of hydrogen-bond acceptors (Lipinski definition) is 4. The van der Waals surface area contributed by atoms with Crippen molar-refractivity contribution in [3.8, 4) is 17.0 Å². The van der Waals surface area contributed by atoms with Gasteiger partial charge < -0.3 is 15.0 Å². The molecule has 1 amide bonds. The Morgan fingerprint density at radius 1 is 1.13 bits per heavy atom. The van der Waals surface area contributed by atoms with Gasteiger partial charge in [0.15, 0.2) is 5.82 Å². The first-order chi connectivity index (χ1) is 14.6. The van der Waals surface area contributed by atoms with E-state index in [1.54, 1.807) is 7.11 Å². The fourth-order valence-electron chi connectivity index (χ4n) is 3.81. The van der Waals surface area contributed by atoms with E-state index in [2.05, 4.69) is 33.4 Å². The fraction of sp³-hybridized carbons (Fsp3) is 0.333. The maximum Gasteiger partial charge on any atom is 0.224 e. The van der Waals surface area contributed by atoms with E-state index in [-0.39, 0.29) is 11.9 Å². The molecule has 1 saturated heterocycles. The third kappa shape index (κ3) is 4.82. The van der Waals surface area contributed by atoms with Crippen molar-refractivity contribution in [2.75, 3.05) is 25.1 Å². The standard InChI is InChI=1S/C24H28N4O2/c1-17-3-5-18(6-4-17)15-24(29)25-20-11-13-28(14-12-20)23-16-22(26-27-23)19-7-9-21(30-2)10-8-19/h3-10,16,20H,11-15H2,1-2H3,(H,25,29)(H,26,27). The summed E-state index contributed by atoms with van der Waals surface area (Å²) in [6.45, 7) is 3.81. The van der Waals surface area contributed by atoms with E-state index in [4.69, 9.17) is 4.74 Å². The highest BCUT2D eigenvalue weighted by molar-refractivity contribution is 5.78. The molecule has 1 aromatic heterocycles. The van der Waals surface area contributed by atoms with Crippen LogP contribution in [0.1, 0.15) is 24.0 Å². The molecule has 156 valence electrons. The number of aryl methyl sites for hydroxylation is 1. The molecular weight excluding hydrogens is 376 g/mol. The maximum atomic E-state index is 12.4. The largest absolute Gasteiger partial charge is 0.497 e. The summed E-state index contributed by atoms with van der Waals surface area (Å²) in [5.74, 6) is 1.88. The Morgan fingerprint density at radius 2 is 1.83 bits per heavy atom. The molecule has 2 heterocycles. The van der Waals surface area contributed by atoms with Crippen LogP contribution in [0.3, 0.4) is 0 Å². The lowest BCUT2D eigenvalue weighted by atomic mass is 10.0. The van der Waals surface area contributed by atoms with Crippen molar-refractivity contribution in [1.82, 2.24) is 15.5 Å². The Hall–Kier alpha value is -3.28. The zero-order chi connectivity index (χ0) is 20.9. The van der Waals surface area contributed by atoms with Gasteiger partial charge in [-0.3, -0.25) is 9.89 Å². The fourth-order valence-corrected chi connectivity index (χ4v) is 3.81. The van der Waals surface area contributed by atoms with Crippen molar-refractivity contribution in [3.63, 3.8) is 0 Å². The Bertz CT molecular complexity index is 971. The highest BCUT2D eigenvalue weighted by atomic mass is 16.5. The topological polar surface area (TPSA) is 70.2 Å². The number of piperidine rings is 1. The molecule has 6 nitrogen and oxygen atoms in total. The second kappa shape index (κ2) is 9.03. The number of hydrogen-bond donors (Lipinski definition) is 2. The lowest BCUT2D eigenvalue weighted by molar-refractivity contribution is -0.121. The summed E-state index contributed by atoms with van der Waals surface area (Å²) in [6, 6.07) is 18.4. The van der Waals surface area contributed by atoms with E-state index in [1.807, 2.05) is 48.5 Å². The highest BCUT2D eigenvalue weighted by Gasteiger charge is 2.22. The molecule has 2 N–H and O–H groups in total. The molecule has 2 aromatic carbocycles. The molecular formula is C24H28N4O2. The van der Waals surface area contributed by atoms with Crippen LogP contribution in [0.4, 0.5) is 5.82 Å². The van der Waals surface area contributed by atoms with Crippen LogP contribution in [0.25, 0.3) is 11.3 Å². The van der Waals surface area contributed by atoms with Crippen molar-refractivity contribution in [2.24, 2.45) is 0 Å². The van der Waals surface area contributed by atoms with Crippen LogP contribution in [0, 0.1) is 6.92 Å². The molecule has 6 heteroatoms. The molecule has 0 unspecified atom stereocenters. The van der Waals surface area contributed by atoms with Crippen LogP contribution >= 0.6 is 0 Å². The third-order valence-electron chi connectivity index (χ3n) is 5.63. The predicted octanol–water partition coefficient (Wildman–Crippen LogP) is 3.72. The molecule has 0 aliphatic carbocycles. The summed E-state index contributed by atoms with van der Waals surface area (Å²) < 4.78 is 5.22. The van der Waals surface area contributed by atoms with Gasteiger partial charge in [-0.1, -0.05) is 29.8 Å². The smallest absolute Gasteiger partial charge is 0.224 e. The molecule has 0 atom stereocenters. The van der Waals surface area contributed by atoms with Crippen molar-refractivity contribution in [1.29, 1.82) is 0 Å². The summed E-state index contributed by atoms with van der Waals surface area (Å²) in [7, 11) is 1.66. The van der Waals surface area contributed by atoms with Crippen LogP contribution in [0.15, 0.2) is 54.6 Å². The Kier molecular flexibility index (Phi) is 6.02. The number of carbonyl (C=O) groups is 1. The van der Waals surface area contributed by atoms with Gasteiger partial charge in [0.25, 0.3) is 0 Å².